The molecule has 362 valence electrons. The number of rotatable bonds is 6. The van der Waals surface area contributed by atoms with Gasteiger partial charge in [0.15, 0.2) is 11.4 Å². The molecule has 2 N–H and O–H groups in total. The van der Waals surface area contributed by atoms with Crippen LogP contribution in [-0.4, -0.2) is 93.0 Å². The van der Waals surface area contributed by atoms with E-state index < -0.39 is 130 Å². The van der Waals surface area contributed by atoms with Gasteiger partial charge in [-0.1, -0.05) is 0 Å². The number of nitrogens with zero attached hydrogens (tertiary/aromatic N) is 8. The SMILES string of the molecule is CC1(C)OB(c2cnn(CC(F)(F)C(F)(F)F)c2)OC1(C)C.O=C1Cn2c(nc(C(F)(F)F)c(-c3cnn(CC(F)(F)C(F)(F)F)c3)c2=O)N1.O=C1Cn2c(nc(C(F)(F)F)c(Br)c2=O)N1. The third kappa shape index (κ3) is 10.5. The first kappa shape index (κ1) is 51.4. The molecule has 0 bridgehead atoms. The van der Waals surface area contributed by atoms with Gasteiger partial charge in [-0.3, -0.25) is 48.3 Å². The maximum atomic E-state index is 13.3. The molecule has 4 aromatic heterocycles. The number of alkyl halides is 16. The van der Waals surface area contributed by atoms with Gasteiger partial charge in [0, 0.05) is 29.6 Å². The summed E-state index contributed by atoms with van der Waals surface area (Å²) in [4.78, 5) is 52.5. The molecule has 0 unspecified atom stereocenters. The second kappa shape index (κ2) is 17.0. The number of hydrogen-bond acceptors (Lipinski definition) is 10. The van der Waals surface area contributed by atoms with Gasteiger partial charge in [-0.2, -0.15) is 80.4 Å². The van der Waals surface area contributed by atoms with Crippen LogP contribution in [0, 0.1) is 0 Å². The van der Waals surface area contributed by atoms with Gasteiger partial charge < -0.3 is 9.31 Å². The van der Waals surface area contributed by atoms with Crippen molar-refractivity contribution in [2.24, 2.45) is 0 Å². The molecule has 7 heterocycles. The van der Waals surface area contributed by atoms with Crippen LogP contribution in [0.15, 0.2) is 38.8 Å². The number of nitrogens with one attached hydrogen (secondary N) is 2. The molecule has 16 nitrogen and oxygen atoms in total. The minimum absolute atomic E-state index is 0.0592. The molecular weight excluding hydrogens is 1020 g/mol. The molecule has 0 atom stereocenters. The van der Waals surface area contributed by atoms with Gasteiger partial charge in [-0.05, 0) is 43.6 Å². The van der Waals surface area contributed by atoms with Crippen LogP contribution in [0.2, 0.25) is 0 Å². The highest BCUT2D eigenvalue weighted by Gasteiger charge is 2.59. The van der Waals surface area contributed by atoms with Crippen molar-refractivity contribution in [1.82, 2.24) is 38.7 Å². The molecule has 66 heavy (non-hydrogen) atoms. The predicted molar refractivity (Wildman–Crippen MR) is 193 cm³/mol. The maximum Gasteiger partial charge on any atom is 0.498 e. The van der Waals surface area contributed by atoms with Gasteiger partial charge in [0.25, 0.3) is 11.1 Å². The summed E-state index contributed by atoms with van der Waals surface area (Å²) in [7, 11) is -0.863. The first-order chi connectivity index (χ1) is 29.8. The van der Waals surface area contributed by atoms with Crippen molar-refractivity contribution in [3.8, 4) is 11.1 Å². The molecule has 4 aromatic rings. The van der Waals surface area contributed by atoms with Crippen molar-refractivity contribution in [2.45, 2.75) is 102 Å². The maximum absolute atomic E-state index is 13.3. The molecule has 0 radical (unpaired) electrons. The Bertz CT molecular complexity index is 2640. The van der Waals surface area contributed by atoms with Gasteiger partial charge >= 0.3 is 43.7 Å². The molecular formula is C32H26BBrF16N10O6. The van der Waals surface area contributed by atoms with Crippen molar-refractivity contribution < 1.29 is 89.1 Å². The molecule has 3 aliphatic heterocycles. The summed E-state index contributed by atoms with van der Waals surface area (Å²) in [5.41, 5.74) is -8.17. The molecule has 0 spiro atoms. The Morgan fingerprint density at radius 1 is 0.636 bits per heavy atom. The number of hydrogen-bond donors (Lipinski definition) is 2. The van der Waals surface area contributed by atoms with E-state index in [1.54, 1.807) is 27.7 Å². The highest BCUT2D eigenvalue weighted by molar-refractivity contribution is 9.10. The van der Waals surface area contributed by atoms with E-state index in [0.717, 1.165) is 17.0 Å². The average molecular weight is 1040 g/mol. The van der Waals surface area contributed by atoms with Crippen molar-refractivity contribution in [3.05, 3.63) is 61.4 Å². The Hall–Kier alpha value is -5.54. The van der Waals surface area contributed by atoms with E-state index in [-0.39, 0.29) is 22.6 Å². The lowest BCUT2D eigenvalue weighted by Gasteiger charge is -2.32. The van der Waals surface area contributed by atoms with Crippen LogP contribution in [0.5, 0.6) is 0 Å². The van der Waals surface area contributed by atoms with E-state index in [1.807, 2.05) is 5.32 Å². The lowest BCUT2D eigenvalue weighted by atomic mass is 9.82. The van der Waals surface area contributed by atoms with Gasteiger partial charge in [0.2, 0.25) is 23.7 Å². The number of carbonyl (C=O) groups excluding carboxylic acids is 2. The van der Waals surface area contributed by atoms with Crippen LogP contribution in [0.4, 0.5) is 82.1 Å². The second-order valence-electron chi connectivity index (χ2n) is 15.0. The second-order valence-corrected chi connectivity index (χ2v) is 15.8. The van der Waals surface area contributed by atoms with E-state index >= 15 is 0 Å². The smallest absolute Gasteiger partial charge is 0.399 e. The van der Waals surface area contributed by atoms with E-state index in [9.17, 15) is 89.4 Å². The predicted octanol–water partition coefficient (Wildman–Crippen LogP) is 5.63. The summed E-state index contributed by atoms with van der Waals surface area (Å²) in [6.45, 7) is 2.66. The zero-order valence-corrected chi connectivity index (χ0v) is 34.8. The Morgan fingerprint density at radius 2 is 1.05 bits per heavy atom. The number of fused-ring (bicyclic) bond motifs is 2. The quantitative estimate of drug-likeness (QED) is 0.182. The summed E-state index contributed by atoms with van der Waals surface area (Å²) < 4.78 is 215. The fraction of sp³-hybridized carbons (Fsp3) is 0.500. The van der Waals surface area contributed by atoms with E-state index in [2.05, 4.69) is 41.4 Å². The Kier molecular flexibility index (Phi) is 13.2. The molecule has 34 heteroatoms. The molecule has 1 saturated heterocycles. The van der Waals surface area contributed by atoms with E-state index in [4.69, 9.17) is 9.31 Å². The summed E-state index contributed by atoms with van der Waals surface area (Å²) in [6.07, 6.45) is -18.3. The number of amides is 2. The molecule has 1 fully saturated rings. The monoisotopic (exact) mass is 1040 g/mol. The highest BCUT2D eigenvalue weighted by Crippen LogP contribution is 2.40. The fourth-order valence-electron chi connectivity index (χ4n) is 5.57. The summed E-state index contributed by atoms with van der Waals surface area (Å²) in [6, 6.07) is 0. The van der Waals surface area contributed by atoms with Crippen molar-refractivity contribution >= 4 is 52.2 Å². The number of anilines is 2. The van der Waals surface area contributed by atoms with Crippen LogP contribution < -0.4 is 27.2 Å². The van der Waals surface area contributed by atoms with Crippen LogP contribution in [0.3, 0.4) is 0 Å². The third-order valence-corrected chi connectivity index (χ3v) is 10.3. The topological polar surface area (TPSA) is 182 Å². The van der Waals surface area contributed by atoms with Crippen LogP contribution in [0.1, 0.15) is 39.1 Å². The van der Waals surface area contributed by atoms with Crippen molar-refractivity contribution in [3.63, 3.8) is 0 Å². The van der Waals surface area contributed by atoms with Gasteiger partial charge in [0.05, 0.1) is 23.0 Å². The summed E-state index contributed by atoms with van der Waals surface area (Å²) in [5.74, 6) is -12.5. The van der Waals surface area contributed by atoms with Crippen molar-refractivity contribution in [2.75, 3.05) is 10.6 Å². The Labute approximate surface area is 364 Å². The average Bonchev–Trinajstić information content (AvgIpc) is 3.97. The minimum atomic E-state index is -5.91. The largest absolute Gasteiger partial charge is 0.498 e. The fourth-order valence-corrected chi connectivity index (χ4v) is 6.10. The first-order valence-electron chi connectivity index (χ1n) is 17.8. The van der Waals surface area contributed by atoms with Crippen LogP contribution in [-0.2, 0) is 57.4 Å². The number of halogens is 17. The Morgan fingerprint density at radius 3 is 1.48 bits per heavy atom. The molecule has 0 aromatic carbocycles. The molecule has 0 aliphatic carbocycles. The minimum Gasteiger partial charge on any atom is -0.399 e. The highest BCUT2D eigenvalue weighted by atomic mass is 79.9. The standard InChI is InChI=1S/C13H7F8N5O2.C12H16BF5N2O2.C7H3BrF3N3O2/c14-11(15,13(19,20)21)4-25-2-5(1-22-25)7-8(12(16,17)18)24-10-23-6(27)3-26(10)9(7)28;1-9(2)10(3,4)22-13(21-9)8-5-19-20(6-8)7-11(14,15)12(16,17)18;8-3-4(7(9,10)11)13-6-12-2(15)1-14(6)5(3)16/h1-2H,3-4H2,(H,23,24,27);5-6H,7H2,1-4H3;1H2,(H,12,13,15). The molecule has 3 aliphatic rings. The van der Waals surface area contributed by atoms with Crippen LogP contribution >= 0.6 is 15.9 Å². The number of carbonyl (C=O) groups is 2. The summed E-state index contributed by atoms with van der Waals surface area (Å²) in [5, 5.41) is 10.7. The van der Waals surface area contributed by atoms with Gasteiger partial charge in [0.1, 0.15) is 30.7 Å². The first-order valence-corrected chi connectivity index (χ1v) is 18.5. The van der Waals surface area contributed by atoms with Gasteiger partial charge in [-0.15, -0.1) is 0 Å². The van der Waals surface area contributed by atoms with Crippen LogP contribution in [0.25, 0.3) is 11.1 Å². The van der Waals surface area contributed by atoms with Gasteiger partial charge in [-0.25, -0.2) is 9.97 Å². The van der Waals surface area contributed by atoms with E-state index in [0.29, 0.717) is 21.6 Å². The normalized spacial score (nSPS) is 17.1. The third-order valence-electron chi connectivity index (χ3n) is 9.58. The molecule has 7 rings (SSSR count). The Balaban J connectivity index is 0.000000193. The molecule has 0 saturated carbocycles. The lowest BCUT2D eigenvalue weighted by molar-refractivity contribution is -0.287. The number of aromatic nitrogens is 8. The summed E-state index contributed by atoms with van der Waals surface area (Å²) >= 11 is 2.53. The van der Waals surface area contributed by atoms with Crippen molar-refractivity contribution in [1.29, 1.82) is 0 Å². The lowest BCUT2D eigenvalue weighted by Crippen LogP contribution is -2.41. The van der Waals surface area contributed by atoms with E-state index in [1.165, 1.54) is 0 Å². The zero-order valence-electron chi connectivity index (χ0n) is 33.2. The molecule has 2 amide bonds. The zero-order chi connectivity index (χ0) is 50.1.